The number of rotatable bonds is 7. The van der Waals surface area contributed by atoms with Crippen molar-refractivity contribution in [1.29, 1.82) is 0 Å². The van der Waals surface area contributed by atoms with Crippen molar-refractivity contribution < 1.29 is 14.6 Å². The van der Waals surface area contributed by atoms with Crippen LogP contribution in [0, 0.1) is 46.3 Å². The summed E-state index contributed by atoms with van der Waals surface area (Å²) in [7, 11) is 0. The van der Waals surface area contributed by atoms with Gasteiger partial charge >= 0.3 is 5.97 Å². The monoisotopic (exact) mass is 459 g/mol. The second-order valence-corrected chi connectivity index (χ2v) is 12.9. The maximum absolute atomic E-state index is 11.8. The second kappa shape index (κ2) is 9.64. The first-order valence-electron chi connectivity index (χ1n) is 13.9. The number of carbonyl (C=O) groups is 1. The number of hydrogen-bond acceptors (Lipinski definition) is 4. The molecule has 0 aromatic heterocycles. The first-order valence-corrected chi connectivity index (χ1v) is 13.9. The molecule has 188 valence electrons. The Kier molecular flexibility index (Phi) is 7.37. The van der Waals surface area contributed by atoms with Crippen LogP contribution in [0.15, 0.2) is 11.6 Å². The molecular weight excluding hydrogens is 410 g/mol. The topological polar surface area (TPSA) is 72.5 Å². The standard InChI is InChI=1S/C29H49NO3/c1-18(2)26(33-27(32)17-30)11-6-19(3)23-9-10-24-22-8-7-20-16-21(31)12-14-28(20,4)25(22)13-15-29(23,24)5/h7,18-19,21-26,31H,6,8-17,30H2,1-5H3/t19-,21+,22+,23-,24+,25+,26+,28+,29-/m1/s1. The van der Waals surface area contributed by atoms with Crippen molar-refractivity contribution in [3.05, 3.63) is 11.6 Å². The fourth-order valence-corrected chi connectivity index (χ4v) is 8.99. The van der Waals surface area contributed by atoms with Crippen LogP contribution in [-0.4, -0.2) is 29.8 Å². The highest BCUT2D eigenvalue weighted by Crippen LogP contribution is 2.67. The van der Waals surface area contributed by atoms with Crippen LogP contribution in [0.3, 0.4) is 0 Å². The first kappa shape index (κ1) is 25.2. The number of hydrogen-bond donors (Lipinski definition) is 2. The maximum atomic E-state index is 11.8. The average molecular weight is 460 g/mol. The van der Waals surface area contributed by atoms with E-state index in [9.17, 15) is 9.90 Å². The van der Waals surface area contributed by atoms with Gasteiger partial charge in [0.2, 0.25) is 0 Å². The smallest absolute Gasteiger partial charge is 0.319 e. The molecule has 0 amide bonds. The largest absolute Gasteiger partial charge is 0.461 e. The minimum absolute atomic E-state index is 0.0206. The van der Waals surface area contributed by atoms with E-state index in [1.807, 2.05) is 0 Å². The third kappa shape index (κ3) is 4.56. The Morgan fingerprint density at radius 1 is 1.12 bits per heavy atom. The molecule has 4 aliphatic carbocycles. The molecule has 4 heteroatoms. The van der Waals surface area contributed by atoms with Gasteiger partial charge in [-0.2, -0.15) is 0 Å². The van der Waals surface area contributed by atoms with E-state index in [2.05, 4.69) is 40.7 Å². The predicted octanol–water partition coefficient (Wildman–Crippen LogP) is 5.87. The van der Waals surface area contributed by atoms with E-state index < -0.39 is 0 Å². The number of aliphatic hydroxyl groups is 1. The van der Waals surface area contributed by atoms with Crippen LogP contribution in [0.1, 0.15) is 98.8 Å². The zero-order chi connectivity index (χ0) is 24.0. The molecule has 3 saturated carbocycles. The van der Waals surface area contributed by atoms with Crippen LogP contribution < -0.4 is 5.73 Å². The van der Waals surface area contributed by atoms with Gasteiger partial charge in [-0.3, -0.25) is 4.79 Å². The van der Waals surface area contributed by atoms with Gasteiger partial charge in [0.25, 0.3) is 0 Å². The normalized spacial score (nSPS) is 42.1. The fraction of sp³-hybridized carbons (Fsp3) is 0.897. The average Bonchev–Trinajstić information content (AvgIpc) is 3.13. The van der Waals surface area contributed by atoms with Crippen LogP contribution in [-0.2, 0) is 9.53 Å². The Hall–Kier alpha value is -0.870. The molecule has 0 radical (unpaired) electrons. The minimum atomic E-state index is -0.277. The molecule has 33 heavy (non-hydrogen) atoms. The number of aliphatic hydroxyl groups excluding tert-OH is 1. The lowest BCUT2D eigenvalue weighted by Crippen LogP contribution is -2.50. The second-order valence-electron chi connectivity index (χ2n) is 12.9. The summed E-state index contributed by atoms with van der Waals surface area (Å²) in [5, 5.41) is 10.3. The summed E-state index contributed by atoms with van der Waals surface area (Å²) in [5.74, 6) is 3.93. The molecule has 3 N–H and O–H groups in total. The lowest BCUT2D eigenvalue weighted by Gasteiger charge is -2.58. The van der Waals surface area contributed by atoms with Crippen LogP contribution >= 0.6 is 0 Å². The number of allylic oxidation sites excluding steroid dienone is 1. The number of ether oxygens (including phenoxy) is 1. The predicted molar refractivity (Wildman–Crippen MR) is 133 cm³/mol. The van der Waals surface area contributed by atoms with Gasteiger partial charge < -0.3 is 15.6 Å². The van der Waals surface area contributed by atoms with Gasteiger partial charge in [0.05, 0.1) is 12.6 Å². The van der Waals surface area contributed by atoms with E-state index in [1.165, 1.54) is 38.5 Å². The van der Waals surface area contributed by atoms with Gasteiger partial charge in [0.1, 0.15) is 6.10 Å². The Morgan fingerprint density at radius 2 is 1.88 bits per heavy atom. The van der Waals surface area contributed by atoms with Gasteiger partial charge in [0.15, 0.2) is 0 Å². The third-order valence-corrected chi connectivity index (χ3v) is 10.9. The lowest BCUT2D eigenvalue weighted by molar-refractivity contribution is -0.150. The van der Waals surface area contributed by atoms with Crippen LogP contribution in [0.25, 0.3) is 0 Å². The zero-order valence-electron chi connectivity index (χ0n) is 21.8. The summed E-state index contributed by atoms with van der Waals surface area (Å²) in [6, 6.07) is 0. The van der Waals surface area contributed by atoms with E-state index in [1.54, 1.807) is 5.57 Å². The number of esters is 1. The molecule has 4 rings (SSSR count). The lowest BCUT2D eigenvalue weighted by atomic mass is 9.47. The van der Waals surface area contributed by atoms with Gasteiger partial charge in [-0.1, -0.05) is 46.3 Å². The zero-order valence-corrected chi connectivity index (χ0v) is 21.8. The van der Waals surface area contributed by atoms with E-state index in [-0.39, 0.29) is 24.7 Å². The molecule has 0 aliphatic heterocycles. The van der Waals surface area contributed by atoms with Crippen molar-refractivity contribution in [2.24, 2.45) is 52.1 Å². The SMILES string of the molecule is CC(C)[C@H](CC[C@@H](C)[C@H]1CC[C@H]2[C@@H]3CC=C4C[C@@H](O)CC[C@]4(C)[C@H]3CC[C@]12C)OC(=O)CN. The summed E-state index contributed by atoms with van der Waals surface area (Å²) < 4.78 is 5.66. The summed E-state index contributed by atoms with van der Waals surface area (Å²) in [6.07, 6.45) is 14.2. The highest BCUT2D eigenvalue weighted by Gasteiger charge is 2.59. The van der Waals surface area contributed by atoms with Crippen molar-refractivity contribution >= 4 is 5.97 Å². The van der Waals surface area contributed by atoms with Crippen molar-refractivity contribution in [3.63, 3.8) is 0 Å². The van der Waals surface area contributed by atoms with Gasteiger partial charge in [-0.25, -0.2) is 0 Å². The molecule has 0 aromatic rings. The number of fused-ring (bicyclic) bond motifs is 5. The molecule has 0 heterocycles. The molecule has 0 bridgehead atoms. The van der Waals surface area contributed by atoms with E-state index in [4.69, 9.17) is 10.5 Å². The van der Waals surface area contributed by atoms with Crippen molar-refractivity contribution in [2.75, 3.05) is 6.54 Å². The molecule has 4 nitrogen and oxygen atoms in total. The van der Waals surface area contributed by atoms with Gasteiger partial charge in [-0.05, 0) is 111 Å². The highest BCUT2D eigenvalue weighted by molar-refractivity contribution is 5.71. The van der Waals surface area contributed by atoms with E-state index in [0.29, 0.717) is 22.7 Å². The van der Waals surface area contributed by atoms with Crippen molar-refractivity contribution in [2.45, 2.75) is 111 Å². The third-order valence-electron chi connectivity index (χ3n) is 10.9. The summed E-state index contributed by atoms with van der Waals surface area (Å²) >= 11 is 0. The van der Waals surface area contributed by atoms with Crippen molar-refractivity contribution in [1.82, 2.24) is 0 Å². The Bertz CT molecular complexity index is 747. The molecule has 4 aliphatic rings. The quantitative estimate of drug-likeness (QED) is 0.369. The van der Waals surface area contributed by atoms with Gasteiger partial charge in [-0.15, -0.1) is 0 Å². The van der Waals surface area contributed by atoms with Crippen LogP contribution in [0.5, 0.6) is 0 Å². The molecular formula is C29H49NO3. The van der Waals surface area contributed by atoms with E-state index in [0.717, 1.165) is 49.4 Å². The number of nitrogens with two attached hydrogens (primary N) is 1. The number of carbonyl (C=O) groups excluding carboxylic acids is 1. The summed E-state index contributed by atoms with van der Waals surface area (Å²) in [6.45, 7) is 11.8. The van der Waals surface area contributed by atoms with Crippen LogP contribution in [0.4, 0.5) is 0 Å². The Balaban J connectivity index is 1.44. The summed E-state index contributed by atoms with van der Waals surface area (Å²) in [4.78, 5) is 11.8. The minimum Gasteiger partial charge on any atom is -0.461 e. The molecule has 9 atom stereocenters. The molecule has 3 fully saturated rings. The molecule has 0 saturated heterocycles. The highest BCUT2D eigenvalue weighted by atomic mass is 16.5. The molecule has 0 spiro atoms. The van der Waals surface area contributed by atoms with Crippen LogP contribution in [0.2, 0.25) is 0 Å². The molecule has 0 aromatic carbocycles. The molecule has 0 unspecified atom stereocenters. The maximum Gasteiger partial charge on any atom is 0.319 e. The van der Waals surface area contributed by atoms with Gasteiger partial charge in [0, 0.05) is 0 Å². The van der Waals surface area contributed by atoms with Crippen molar-refractivity contribution in [3.8, 4) is 0 Å². The fourth-order valence-electron chi connectivity index (χ4n) is 8.99. The van der Waals surface area contributed by atoms with E-state index >= 15 is 0 Å². The Labute approximate surface area is 202 Å². The summed E-state index contributed by atoms with van der Waals surface area (Å²) in [5.41, 5.74) is 7.82. The Morgan fingerprint density at radius 3 is 2.58 bits per heavy atom. The first-order chi connectivity index (χ1) is 15.6.